The van der Waals surface area contributed by atoms with Crippen LogP contribution in [0.2, 0.25) is 5.02 Å². The lowest BCUT2D eigenvalue weighted by atomic mass is 10.0. The average molecular weight is 672 g/mol. The normalized spacial score (nSPS) is 14.0. The number of aryl methyl sites for hydroxylation is 3. The van der Waals surface area contributed by atoms with E-state index in [9.17, 15) is 18.0 Å². The van der Waals surface area contributed by atoms with E-state index in [-0.39, 0.29) is 29.8 Å². The van der Waals surface area contributed by atoms with E-state index in [0.29, 0.717) is 10.7 Å². The van der Waals surface area contributed by atoms with E-state index in [2.05, 4.69) is 5.32 Å². The third kappa shape index (κ3) is 8.82. The van der Waals surface area contributed by atoms with Crippen LogP contribution in [0, 0.1) is 20.8 Å². The van der Waals surface area contributed by atoms with Crippen LogP contribution in [0.1, 0.15) is 53.5 Å². The highest BCUT2D eigenvalue weighted by Crippen LogP contribution is 2.28. The zero-order chi connectivity index (χ0) is 33.6. The Hall–Kier alpha value is -4.14. The number of amides is 2. The Balaban J connectivity index is 1.58. The zero-order valence-electron chi connectivity index (χ0n) is 27.2. The molecule has 9 heteroatoms. The summed E-state index contributed by atoms with van der Waals surface area (Å²) in [7, 11) is -4.17. The first-order valence-corrected chi connectivity index (χ1v) is 17.9. The second kappa shape index (κ2) is 15.2. The van der Waals surface area contributed by atoms with Gasteiger partial charge in [-0.3, -0.25) is 13.9 Å². The van der Waals surface area contributed by atoms with Gasteiger partial charge in [-0.25, -0.2) is 8.42 Å². The molecule has 4 aromatic rings. The van der Waals surface area contributed by atoms with Gasteiger partial charge in [-0.1, -0.05) is 90.7 Å². The first-order valence-electron chi connectivity index (χ1n) is 16.1. The molecule has 0 bridgehead atoms. The Kier molecular flexibility index (Phi) is 11.0. The minimum Gasteiger partial charge on any atom is -0.352 e. The highest BCUT2D eigenvalue weighted by molar-refractivity contribution is 7.92. The molecule has 1 N–H and O–H groups in total. The van der Waals surface area contributed by atoms with Gasteiger partial charge in [0.25, 0.3) is 10.0 Å². The van der Waals surface area contributed by atoms with Gasteiger partial charge >= 0.3 is 0 Å². The molecule has 1 unspecified atom stereocenters. The van der Waals surface area contributed by atoms with E-state index >= 15 is 0 Å². The number of hydrogen-bond acceptors (Lipinski definition) is 4. The maximum atomic E-state index is 14.7. The predicted molar refractivity (Wildman–Crippen MR) is 188 cm³/mol. The number of benzene rings is 4. The van der Waals surface area contributed by atoms with Gasteiger partial charge in [-0.05, 0) is 92.3 Å². The third-order valence-corrected chi connectivity index (χ3v) is 10.6. The number of rotatable bonds is 12. The van der Waals surface area contributed by atoms with Crippen LogP contribution in [0.5, 0.6) is 0 Å². The molecule has 7 nitrogen and oxygen atoms in total. The Labute approximate surface area is 283 Å². The number of carbonyl (C=O) groups is 2. The number of carbonyl (C=O) groups excluding carboxylic acids is 2. The standard InChI is InChI=1S/C38H42ClN3O4S/c1-27-16-18-35(19-17-27)47(45,46)42(34-21-28(2)20-29(3)22-34)26-37(43)41(25-31-12-9-13-32(39)23-31)36(24-30-10-5-4-6-11-30)38(44)40-33-14-7-8-15-33/h4-6,9-13,16-23,33,36H,7-8,14-15,24-26H2,1-3H3,(H,40,44). The lowest BCUT2D eigenvalue weighted by Gasteiger charge is -2.34. The molecule has 1 saturated carbocycles. The van der Waals surface area contributed by atoms with Crippen LogP contribution in [0.3, 0.4) is 0 Å². The van der Waals surface area contributed by atoms with E-state index < -0.39 is 28.5 Å². The molecular formula is C38H42ClN3O4S. The van der Waals surface area contributed by atoms with Crippen LogP contribution < -0.4 is 9.62 Å². The quantitative estimate of drug-likeness (QED) is 0.173. The summed E-state index contributed by atoms with van der Waals surface area (Å²) in [6, 6.07) is 28.0. The van der Waals surface area contributed by atoms with Gasteiger partial charge in [-0.15, -0.1) is 0 Å². The van der Waals surface area contributed by atoms with Crippen molar-refractivity contribution in [2.24, 2.45) is 0 Å². The number of nitrogens with one attached hydrogen (secondary N) is 1. The molecule has 1 fully saturated rings. The van der Waals surface area contributed by atoms with Crippen molar-refractivity contribution in [2.45, 2.75) is 76.4 Å². The molecule has 5 rings (SSSR count). The summed E-state index contributed by atoms with van der Waals surface area (Å²) in [4.78, 5) is 30.4. The Morgan fingerprint density at radius 3 is 2.09 bits per heavy atom. The molecule has 0 spiro atoms. The molecule has 47 heavy (non-hydrogen) atoms. The van der Waals surface area contributed by atoms with E-state index in [1.54, 1.807) is 54.6 Å². The molecule has 0 aromatic heterocycles. The Bertz CT molecular complexity index is 1790. The topological polar surface area (TPSA) is 86.8 Å². The van der Waals surface area contributed by atoms with Gasteiger partial charge < -0.3 is 10.2 Å². The van der Waals surface area contributed by atoms with Gasteiger partial charge in [0.05, 0.1) is 10.6 Å². The van der Waals surface area contributed by atoms with Crippen LogP contribution >= 0.6 is 11.6 Å². The summed E-state index contributed by atoms with van der Waals surface area (Å²) in [5.41, 5.74) is 4.66. The number of anilines is 1. The molecule has 246 valence electrons. The summed E-state index contributed by atoms with van der Waals surface area (Å²) >= 11 is 6.36. The maximum Gasteiger partial charge on any atom is 0.264 e. The fraction of sp³-hybridized carbons (Fsp3) is 0.316. The van der Waals surface area contributed by atoms with Crippen LogP contribution in [0.25, 0.3) is 0 Å². The Morgan fingerprint density at radius 1 is 0.809 bits per heavy atom. The van der Waals surface area contributed by atoms with Gasteiger partial charge in [-0.2, -0.15) is 0 Å². The van der Waals surface area contributed by atoms with Crippen molar-refractivity contribution >= 4 is 39.1 Å². The maximum absolute atomic E-state index is 14.7. The van der Waals surface area contributed by atoms with Gasteiger partial charge in [0.15, 0.2) is 0 Å². The van der Waals surface area contributed by atoms with Crippen molar-refractivity contribution in [1.82, 2.24) is 10.2 Å². The molecule has 2 amide bonds. The summed E-state index contributed by atoms with van der Waals surface area (Å²) in [6.45, 7) is 5.24. The Morgan fingerprint density at radius 2 is 1.45 bits per heavy atom. The number of sulfonamides is 1. The molecule has 4 aromatic carbocycles. The SMILES string of the molecule is Cc1ccc(S(=O)(=O)N(CC(=O)N(Cc2cccc(Cl)c2)C(Cc2ccccc2)C(=O)NC2CCCC2)c2cc(C)cc(C)c2)cc1. The summed E-state index contributed by atoms with van der Waals surface area (Å²) in [5.74, 6) is -0.752. The number of halogens is 1. The fourth-order valence-electron chi connectivity index (χ4n) is 6.21. The fourth-order valence-corrected chi connectivity index (χ4v) is 7.83. The van der Waals surface area contributed by atoms with Crippen LogP contribution in [0.15, 0.2) is 102 Å². The van der Waals surface area contributed by atoms with Crippen molar-refractivity contribution in [2.75, 3.05) is 10.8 Å². The highest BCUT2D eigenvalue weighted by Gasteiger charge is 2.35. The molecule has 1 aliphatic rings. The monoisotopic (exact) mass is 671 g/mol. The van der Waals surface area contributed by atoms with Crippen molar-refractivity contribution < 1.29 is 18.0 Å². The first-order chi connectivity index (χ1) is 22.5. The van der Waals surface area contributed by atoms with Gasteiger partial charge in [0.2, 0.25) is 11.8 Å². The molecule has 1 atom stereocenters. The van der Waals surface area contributed by atoms with Gasteiger partial charge in [0.1, 0.15) is 12.6 Å². The second-order valence-corrected chi connectivity index (χ2v) is 14.8. The number of nitrogens with zero attached hydrogens (tertiary/aromatic N) is 2. The van der Waals surface area contributed by atoms with Crippen LogP contribution in [-0.2, 0) is 32.6 Å². The van der Waals surface area contributed by atoms with E-state index in [0.717, 1.165) is 53.5 Å². The predicted octanol–water partition coefficient (Wildman–Crippen LogP) is 7.16. The van der Waals surface area contributed by atoms with Crippen LogP contribution in [0.4, 0.5) is 5.69 Å². The average Bonchev–Trinajstić information content (AvgIpc) is 3.54. The molecule has 0 heterocycles. The highest BCUT2D eigenvalue weighted by atomic mass is 35.5. The third-order valence-electron chi connectivity index (χ3n) is 8.60. The minimum atomic E-state index is -4.17. The summed E-state index contributed by atoms with van der Waals surface area (Å²) < 4.78 is 29.8. The number of hydrogen-bond donors (Lipinski definition) is 1. The van der Waals surface area contributed by atoms with Gasteiger partial charge in [0, 0.05) is 24.0 Å². The van der Waals surface area contributed by atoms with Crippen LogP contribution in [-0.4, -0.2) is 43.8 Å². The van der Waals surface area contributed by atoms with Crippen molar-refractivity contribution in [3.05, 3.63) is 130 Å². The van der Waals surface area contributed by atoms with E-state index in [1.807, 2.05) is 63.2 Å². The zero-order valence-corrected chi connectivity index (χ0v) is 28.7. The van der Waals surface area contributed by atoms with Crippen molar-refractivity contribution in [3.63, 3.8) is 0 Å². The van der Waals surface area contributed by atoms with Crippen molar-refractivity contribution in [1.29, 1.82) is 0 Å². The lowest BCUT2D eigenvalue weighted by Crippen LogP contribution is -2.54. The summed E-state index contributed by atoms with van der Waals surface area (Å²) in [5, 5.41) is 3.71. The largest absolute Gasteiger partial charge is 0.352 e. The molecular weight excluding hydrogens is 630 g/mol. The molecule has 0 radical (unpaired) electrons. The lowest BCUT2D eigenvalue weighted by molar-refractivity contribution is -0.140. The van der Waals surface area contributed by atoms with Crippen molar-refractivity contribution in [3.8, 4) is 0 Å². The smallest absolute Gasteiger partial charge is 0.264 e. The van der Waals surface area contributed by atoms with E-state index in [1.165, 1.54) is 9.21 Å². The molecule has 0 saturated heterocycles. The molecule has 1 aliphatic carbocycles. The first kappa shape index (κ1) is 34.2. The van der Waals surface area contributed by atoms with E-state index in [4.69, 9.17) is 11.6 Å². The second-order valence-electron chi connectivity index (χ2n) is 12.5. The molecule has 0 aliphatic heterocycles. The minimum absolute atomic E-state index is 0.0394. The summed E-state index contributed by atoms with van der Waals surface area (Å²) in [6.07, 6.45) is 4.13.